The van der Waals surface area contributed by atoms with Crippen molar-refractivity contribution in [2.24, 2.45) is 5.73 Å². The lowest BCUT2D eigenvalue weighted by Crippen LogP contribution is -2.13. The Morgan fingerprint density at radius 3 is 2.74 bits per heavy atom. The molecule has 2 N–H and O–H groups in total. The number of benzene rings is 2. The van der Waals surface area contributed by atoms with Gasteiger partial charge in [-0.15, -0.1) is 0 Å². The summed E-state index contributed by atoms with van der Waals surface area (Å²) in [6.45, 7) is 2.20. The molecular formula is C16H17BrIN. The smallest absolute Gasteiger partial charge is 0.0563 e. The van der Waals surface area contributed by atoms with Crippen LogP contribution in [0.4, 0.5) is 0 Å². The number of halogens is 2. The second kappa shape index (κ2) is 6.86. The third-order valence-corrected chi connectivity index (χ3v) is 4.54. The summed E-state index contributed by atoms with van der Waals surface area (Å²) in [4.78, 5) is 0. The molecule has 0 saturated heterocycles. The van der Waals surface area contributed by atoms with Gasteiger partial charge >= 0.3 is 0 Å². The average molecular weight is 430 g/mol. The number of rotatable bonds is 4. The van der Waals surface area contributed by atoms with Crippen molar-refractivity contribution >= 4 is 38.5 Å². The van der Waals surface area contributed by atoms with Crippen LogP contribution in [0.2, 0.25) is 0 Å². The van der Waals surface area contributed by atoms with E-state index in [1.165, 1.54) is 14.7 Å². The quantitative estimate of drug-likeness (QED) is 0.675. The van der Waals surface area contributed by atoms with Crippen LogP contribution in [-0.2, 0) is 6.42 Å². The Morgan fingerprint density at radius 1 is 1.21 bits per heavy atom. The molecule has 3 heteroatoms. The molecular weight excluding hydrogens is 413 g/mol. The van der Waals surface area contributed by atoms with Crippen molar-refractivity contribution in [1.82, 2.24) is 0 Å². The van der Waals surface area contributed by atoms with Gasteiger partial charge in [0.2, 0.25) is 0 Å². The summed E-state index contributed by atoms with van der Waals surface area (Å²) in [7, 11) is 0. The first kappa shape index (κ1) is 15.0. The molecule has 0 aliphatic heterocycles. The normalized spacial score (nSPS) is 12.4. The number of nitrogens with two attached hydrogens (primary N) is 1. The zero-order chi connectivity index (χ0) is 13.8. The topological polar surface area (TPSA) is 26.0 Å². The number of hydrogen-bond acceptors (Lipinski definition) is 1. The first-order valence-corrected chi connectivity index (χ1v) is 8.28. The second-order valence-electron chi connectivity index (χ2n) is 4.64. The molecule has 100 valence electrons. The molecule has 0 aliphatic rings. The van der Waals surface area contributed by atoms with Crippen molar-refractivity contribution in [3.8, 4) is 0 Å². The van der Waals surface area contributed by atoms with E-state index in [2.05, 4.69) is 87.9 Å². The summed E-state index contributed by atoms with van der Waals surface area (Å²) in [5.41, 5.74) is 10.1. The Bertz CT molecular complexity index is 568. The Balaban J connectivity index is 2.35. The molecule has 0 aliphatic carbocycles. The van der Waals surface area contributed by atoms with E-state index in [-0.39, 0.29) is 6.04 Å². The van der Waals surface area contributed by atoms with Gasteiger partial charge in [-0.2, -0.15) is 0 Å². The van der Waals surface area contributed by atoms with Crippen LogP contribution in [0.15, 0.2) is 46.9 Å². The molecule has 0 amide bonds. The van der Waals surface area contributed by atoms with E-state index in [4.69, 9.17) is 5.73 Å². The lowest BCUT2D eigenvalue weighted by atomic mass is 9.97. The van der Waals surface area contributed by atoms with Crippen molar-refractivity contribution < 1.29 is 0 Å². The Labute approximate surface area is 136 Å². The highest BCUT2D eigenvalue weighted by atomic mass is 127. The van der Waals surface area contributed by atoms with Gasteiger partial charge in [-0.3, -0.25) is 0 Å². The minimum atomic E-state index is -0.0825. The molecule has 0 saturated carbocycles. The Kier molecular flexibility index (Phi) is 5.42. The molecule has 2 aromatic carbocycles. The molecule has 1 unspecified atom stereocenters. The summed E-state index contributed by atoms with van der Waals surface area (Å²) in [6.07, 6.45) is 2.26. The van der Waals surface area contributed by atoms with Crippen LogP contribution >= 0.6 is 38.5 Å². The fourth-order valence-corrected chi connectivity index (χ4v) is 3.17. The van der Waals surface area contributed by atoms with Crippen LogP contribution in [-0.4, -0.2) is 0 Å². The van der Waals surface area contributed by atoms with Gasteiger partial charge in [0.05, 0.1) is 6.04 Å². The van der Waals surface area contributed by atoms with Crippen molar-refractivity contribution in [3.63, 3.8) is 0 Å². The monoisotopic (exact) mass is 429 g/mol. The number of aryl methyl sites for hydroxylation is 1. The first-order valence-electron chi connectivity index (χ1n) is 6.41. The predicted octanol–water partition coefficient (Wildman–Crippen LogP) is 5.05. The van der Waals surface area contributed by atoms with Crippen LogP contribution in [0.25, 0.3) is 0 Å². The van der Waals surface area contributed by atoms with E-state index < -0.39 is 0 Å². The fourth-order valence-electron chi connectivity index (χ4n) is 2.16. The van der Waals surface area contributed by atoms with Gasteiger partial charge in [-0.25, -0.2) is 0 Å². The van der Waals surface area contributed by atoms with Crippen LogP contribution in [0.5, 0.6) is 0 Å². The summed E-state index contributed by atoms with van der Waals surface area (Å²) < 4.78 is 2.28. The molecule has 0 aromatic heterocycles. The molecule has 0 heterocycles. The highest BCUT2D eigenvalue weighted by molar-refractivity contribution is 14.1. The van der Waals surface area contributed by atoms with Crippen molar-refractivity contribution in [2.75, 3.05) is 0 Å². The van der Waals surface area contributed by atoms with Crippen molar-refractivity contribution in [2.45, 2.75) is 25.8 Å². The zero-order valence-corrected chi connectivity index (χ0v) is 14.6. The van der Waals surface area contributed by atoms with Gasteiger partial charge in [0.1, 0.15) is 0 Å². The van der Waals surface area contributed by atoms with Crippen molar-refractivity contribution in [1.29, 1.82) is 0 Å². The van der Waals surface area contributed by atoms with Crippen LogP contribution < -0.4 is 5.73 Å². The van der Waals surface area contributed by atoms with E-state index in [1.807, 2.05) is 0 Å². The zero-order valence-electron chi connectivity index (χ0n) is 10.9. The minimum absolute atomic E-state index is 0.0825. The SMILES string of the molecule is CCCc1cccc(C(N)c2cc(I)ccc2Br)c1. The summed E-state index contributed by atoms with van der Waals surface area (Å²) in [5.74, 6) is 0. The lowest BCUT2D eigenvalue weighted by Gasteiger charge is -2.16. The van der Waals surface area contributed by atoms with E-state index in [9.17, 15) is 0 Å². The van der Waals surface area contributed by atoms with Gasteiger partial charge in [-0.1, -0.05) is 53.5 Å². The van der Waals surface area contributed by atoms with E-state index in [0.717, 1.165) is 22.9 Å². The van der Waals surface area contributed by atoms with Gasteiger partial charge < -0.3 is 5.73 Å². The maximum Gasteiger partial charge on any atom is 0.0563 e. The standard InChI is InChI=1S/C16H17BrIN/c1-2-4-11-5-3-6-12(9-11)16(19)14-10-13(18)7-8-15(14)17/h3,5-10,16H,2,4,19H2,1H3. The highest BCUT2D eigenvalue weighted by Gasteiger charge is 2.13. The highest BCUT2D eigenvalue weighted by Crippen LogP contribution is 2.28. The second-order valence-corrected chi connectivity index (χ2v) is 6.74. The fraction of sp³-hybridized carbons (Fsp3) is 0.250. The average Bonchev–Trinajstić information content (AvgIpc) is 2.41. The lowest BCUT2D eigenvalue weighted by molar-refractivity contribution is 0.853. The molecule has 19 heavy (non-hydrogen) atoms. The third-order valence-electron chi connectivity index (χ3n) is 3.14. The summed E-state index contributed by atoms with van der Waals surface area (Å²) in [6, 6.07) is 14.8. The van der Waals surface area contributed by atoms with Gasteiger partial charge in [0.25, 0.3) is 0 Å². The molecule has 0 bridgehead atoms. The predicted molar refractivity (Wildman–Crippen MR) is 93.3 cm³/mol. The van der Waals surface area contributed by atoms with E-state index in [1.54, 1.807) is 0 Å². The summed E-state index contributed by atoms with van der Waals surface area (Å²) in [5, 5.41) is 0. The van der Waals surface area contributed by atoms with Crippen LogP contribution in [0.1, 0.15) is 36.1 Å². The van der Waals surface area contributed by atoms with Gasteiger partial charge in [0, 0.05) is 8.04 Å². The maximum atomic E-state index is 6.42. The van der Waals surface area contributed by atoms with Gasteiger partial charge in [0.15, 0.2) is 0 Å². The van der Waals surface area contributed by atoms with Crippen LogP contribution in [0, 0.1) is 3.57 Å². The molecule has 1 atom stereocenters. The molecule has 2 aromatic rings. The molecule has 0 fully saturated rings. The minimum Gasteiger partial charge on any atom is -0.320 e. The summed E-state index contributed by atoms with van der Waals surface area (Å²) >= 11 is 5.91. The molecule has 2 rings (SSSR count). The van der Waals surface area contributed by atoms with Gasteiger partial charge in [-0.05, 0) is 63.9 Å². The van der Waals surface area contributed by atoms with E-state index >= 15 is 0 Å². The molecule has 0 spiro atoms. The Hall–Kier alpha value is -0.390. The Morgan fingerprint density at radius 2 is 2.00 bits per heavy atom. The first-order chi connectivity index (χ1) is 9.11. The largest absolute Gasteiger partial charge is 0.320 e. The third kappa shape index (κ3) is 3.80. The van der Waals surface area contributed by atoms with Crippen LogP contribution in [0.3, 0.4) is 0 Å². The van der Waals surface area contributed by atoms with Crippen molar-refractivity contribution in [3.05, 3.63) is 67.2 Å². The molecule has 1 nitrogen and oxygen atoms in total. The number of hydrogen-bond donors (Lipinski definition) is 1. The molecule has 0 radical (unpaired) electrons. The van der Waals surface area contributed by atoms with E-state index in [0.29, 0.717) is 0 Å². The maximum absolute atomic E-state index is 6.42.